The molecule has 0 amide bonds. The van der Waals surface area contributed by atoms with Crippen LogP contribution in [0.25, 0.3) is 0 Å². The van der Waals surface area contributed by atoms with Crippen LogP contribution in [0, 0.1) is 0 Å². The summed E-state index contributed by atoms with van der Waals surface area (Å²) in [6, 6.07) is 11.1. The van der Waals surface area contributed by atoms with E-state index in [4.69, 9.17) is 34.7 Å². The summed E-state index contributed by atoms with van der Waals surface area (Å²) >= 11 is 11.9. The molecular weight excluding hydrogens is 307 g/mol. The molecule has 0 aliphatic carbocycles. The third kappa shape index (κ3) is 3.42. The van der Waals surface area contributed by atoms with E-state index in [0.29, 0.717) is 21.4 Å². The monoisotopic (exact) mass is 316 g/mol. The van der Waals surface area contributed by atoms with E-state index in [2.05, 4.69) is 0 Å². The van der Waals surface area contributed by atoms with Gasteiger partial charge in [0.2, 0.25) is 0 Å². The average Bonchev–Trinajstić information content (AvgIpc) is 2.35. The van der Waals surface area contributed by atoms with Gasteiger partial charge in [0.1, 0.15) is 0 Å². The van der Waals surface area contributed by atoms with Gasteiger partial charge in [0, 0.05) is 9.79 Å². The lowest BCUT2D eigenvalue weighted by Crippen LogP contribution is -1.85. The van der Waals surface area contributed by atoms with Crippen molar-refractivity contribution < 1.29 is 0 Å². The number of nitrogens with two attached hydrogens (primary N) is 2. The second kappa shape index (κ2) is 5.97. The first-order chi connectivity index (χ1) is 8.56. The molecule has 4 N–H and O–H groups in total. The van der Waals surface area contributed by atoms with Crippen LogP contribution in [0.4, 0.5) is 11.4 Å². The maximum Gasteiger partial charge on any atom is 0.0646 e. The number of benzene rings is 2. The number of rotatable bonds is 3. The summed E-state index contributed by atoms with van der Waals surface area (Å²) in [6.45, 7) is 0. The van der Waals surface area contributed by atoms with Crippen LogP contribution in [0.3, 0.4) is 0 Å². The molecule has 0 saturated carbocycles. The maximum atomic E-state index is 5.96. The summed E-state index contributed by atoms with van der Waals surface area (Å²) < 4.78 is 0. The lowest BCUT2D eigenvalue weighted by atomic mass is 10.3. The lowest BCUT2D eigenvalue weighted by molar-refractivity contribution is 1.46. The van der Waals surface area contributed by atoms with E-state index >= 15 is 0 Å². The smallest absolute Gasteiger partial charge is 0.0646 e. The van der Waals surface area contributed by atoms with Gasteiger partial charge in [-0.05, 0) is 36.4 Å². The fourth-order valence-corrected chi connectivity index (χ4v) is 3.68. The largest absolute Gasteiger partial charge is 0.398 e. The van der Waals surface area contributed by atoms with Gasteiger partial charge in [-0.2, -0.15) is 0 Å². The van der Waals surface area contributed by atoms with Gasteiger partial charge in [-0.1, -0.05) is 44.8 Å². The van der Waals surface area contributed by atoms with Crippen LogP contribution in [0.2, 0.25) is 10.0 Å². The molecule has 0 aromatic heterocycles. The normalized spacial score (nSPS) is 10.6. The van der Waals surface area contributed by atoms with Crippen molar-refractivity contribution in [2.45, 2.75) is 9.79 Å². The molecule has 0 atom stereocenters. The van der Waals surface area contributed by atoms with E-state index in [1.54, 1.807) is 33.7 Å². The number of anilines is 2. The molecule has 0 bridgehead atoms. The van der Waals surface area contributed by atoms with Crippen LogP contribution in [-0.4, -0.2) is 0 Å². The summed E-state index contributed by atoms with van der Waals surface area (Å²) in [5, 5.41) is 1.13. The van der Waals surface area contributed by atoms with E-state index in [0.717, 1.165) is 9.79 Å². The standard InChI is InChI=1S/C12H10Cl2N2S2/c13-9-5-7(1-3-11(9)15)17-18-8-2-4-12(16)10(14)6-8/h1-6H,15-16H2. The van der Waals surface area contributed by atoms with Crippen molar-refractivity contribution in [1.29, 1.82) is 0 Å². The Kier molecular flexibility index (Phi) is 4.56. The highest BCUT2D eigenvalue weighted by Crippen LogP contribution is 2.40. The minimum absolute atomic E-state index is 0.566. The Balaban J connectivity index is 2.06. The molecule has 0 spiro atoms. The van der Waals surface area contributed by atoms with E-state index in [9.17, 15) is 0 Å². The SMILES string of the molecule is Nc1ccc(SSc2ccc(N)c(Cl)c2)cc1Cl. The first-order valence-electron chi connectivity index (χ1n) is 5.01. The molecular formula is C12H10Cl2N2S2. The first-order valence-corrected chi connectivity index (χ1v) is 7.91. The van der Waals surface area contributed by atoms with E-state index < -0.39 is 0 Å². The Morgan fingerprint density at radius 3 is 1.44 bits per heavy atom. The minimum Gasteiger partial charge on any atom is -0.398 e. The molecule has 94 valence electrons. The predicted molar refractivity (Wildman–Crippen MR) is 83.4 cm³/mol. The van der Waals surface area contributed by atoms with Crippen molar-refractivity contribution in [2.75, 3.05) is 11.5 Å². The Morgan fingerprint density at radius 2 is 1.11 bits per heavy atom. The molecule has 2 aromatic rings. The fourth-order valence-electron chi connectivity index (χ4n) is 1.22. The fraction of sp³-hybridized carbons (Fsp3) is 0. The maximum absolute atomic E-state index is 5.96. The zero-order valence-electron chi connectivity index (χ0n) is 9.19. The average molecular weight is 317 g/mol. The molecule has 2 rings (SSSR count). The van der Waals surface area contributed by atoms with Crippen molar-refractivity contribution >= 4 is 56.2 Å². The van der Waals surface area contributed by atoms with E-state index in [-0.39, 0.29) is 0 Å². The molecule has 2 aromatic carbocycles. The van der Waals surface area contributed by atoms with Crippen molar-refractivity contribution in [2.24, 2.45) is 0 Å². The van der Waals surface area contributed by atoms with Gasteiger partial charge in [0.15, 0.2) is 0 Å². The molecule has 0 radical (unpaired) electrons. The van der Waals surface area contributed by atoms with Crippen molar-refractivity contribution in [3.63, 3.8) is 0 Å². The van der Waals surface area contributed by atoms with Gasteiger partial charge in [-0.15, -0.1) is 0 Å². The van der Waals surface area contributed by atoms with E-state index in [1.807, 2.05) is 24.3 Å². The second-order valence-corrected chi connectivity index (χ2v) is 6.62. The van der Waals surface area contributed by atoms with Gasteiger partial charge >= 0.3 is 0 Å². The Labute approximate surface area is 123 Å². The van der Waals surface area contributed by atoms with Gasteiger partial charge in [0.25, 0.3) is 0 Å². The van der Waals surface area contributed by atoms with Gasteiger partial charge < -0.3 is 11.5 Å². The minimum atomic E-state index is 0.566. The summed E-state index contributed by atoms with van der Waals surface area (Å²) in [7, 11) is 3.18. The Bertz CT molecular complexity index is 524. The highest BCUT2D eigenvalue weighted by Gasteiger charge is 2.03. The van der Waals surface area contributed by atoms with Crippen LogP contribution in [0.1, 0.15) is 0 Å². The van der Waals surface area contributed by atoms with Gasteiger partial charge in [0.05, 0.1) is 21.4 Å². The second-order valence-electron chi connectivity index (χ2n) is 3.53. The molecule has 2 nitrogen and oxygen atoms in total. The van der Waals surface area contributed by atoms with Crippen molar-refractivity contribution in [3.8, 4) is 0 Å². The van der Waals surface area contributed by atoms with E-state index in [1.165, 1.54) is 0 Å². The van der Waals surface area contributed by atoms with Crippen LogP contribution in [0.15, 0.2) is 46.2 Å². The third-order valence-electron chi connectivity index (χ3n) is 2.18. The van der Waals surface area contributed by atoms with Crippen LogP contribution in [0.5, 0.6) is 0 Å². The summed E-state index contributed by atoms with van der Waals surface area (Å²) in [4.78, 5) is 2.07. The third-order valence-corrected chi connectivity index (χ3v) is 5.21. The van der Waals surface area contributed by atoms with Gasteiger partial charge in [-0.3, -0.25) is 0 Å². The molecule has 6 heteroatoms. The summed E-state index contributed by atoms with van der Waals surface area (Å²) in [5.41, 5.74) is 12.5. The number of hydrogen-bond donors (Lipinski definition) is 2. The highest BCUT2D eigenvalue weighted by atomic mass is 35.5. The Morgan fingerprint density at radius 1 is 0.722 bits per heavy atom. The first kappa shape index (κ1) is 13.7. The molecule has 18 heavy (non-hydrogen) atoms. The molecule has 0 unspecified atom stereocenters. The summed E-state index contributed by atoms with van der Waals surface area (Å²) in [5.74, 6) is 0. The zero-order chi connectivity index (χ0) is 13.1. The quantitative estimate of drug-likeness (QED) is 0.621. The number of halogens is 2. The summed E-state index contributed by atoms with van der Waals surface area (Å²) in [6.07, 6.45) is 0. The molecule has 0 heterocycles. The number of nitrogen functional groups attached to an aromatic ring is 2. The topological polar surface area (TPSA) is 52.0 Å². The van der Waals surface area contributed by atoms with Crippen LogP contribution < -0.4 is 11.5 Å². The molecule has 0 aliphatic heterocycles. The van der Waals surface area contributed by atoms with Crippen LogP contribution in [-0.2, 0) is 0 Å². The molecule has 0 fully saturated rings. The lowest BCUT2D eigenvalue weighted by Gasteiger charge is -2.05. The predicted octanol–water partition coefficient (Wildman–Crippen LogP) is 4.96. The van der Waals surface area contributed by atoms with Crippen molar-refractivity contribution in [1.82, 2.24) is 0 Å². The molecule has 0 saturated heterocycles. The van der Waals surface area contributed by atoms with Crippen molar-refractivity contribution in [3.05, 3.63) is 46.4 Å². The zero-order valence-corrected chi connectivity index (χ0v) is 12.3. The van der Waals surface area contributed by atoms with Gasteiger partial charge in [-0.25, -0.2) is 0 Å². The highest BCUT2D eigenvalue weighted by molar-refractivity contribution is 8.76. The number of hydrogen-bond acceptors (Lipinski definition) is 4. The Hall–Kier alpha value is -0.680. The van der Waals surface area contributed by atoms with Crippen LogP contribution >= 0.6 is 44.8 Å². The molecule has 0 aliphatic rings.